The fraction of sp³-hybridized carbons (Fsp3) is 0.524. The molecule has 146 valence electrons. The average Bonchev–Trinajstić information content (AvgIpc) is 2.74. The zero-order chi connectivity index (χ0) is 19.1. The molecule has 1 aromatic carbocycles. The van der Waals surface area contributed by atoms with E-state index in [1.54, 1.807) is 12.1 Å². The molecular weight excluding hydrogens is 342 g/mol. The van der Waals surface area contributed by atoms with Crippen molar-refractivity contribution in [1.82, 2.24) is 10.2 Å². The normalized spacial score (nSPS) is 17.3. The van der Waals surface area contributed by atoms with E-state index in [0.29, 0.717) is 18.7 Å². The number of ether oxygens (including phenoxy) is 1. The summed E-state index contributed by atoms with van der Waals surface area (Å²) in [7, 11) is 1.38. The molecule has 1 aliphatic heterocycles. The zero-order valence-corrected chi connectivity index (χ0v) is 16.1. The van der Waals surface area contributed by atoms with Crippen molar-refractivity contribution in [3.05, 3.63) is 41.5 Å². The quantitative estimate of drug-likeness (QED) is 0.638. The number of methoxy groups -OCH3 is 1. The molecule has 1 fully saturated rings. The largest absolute Gasteiger partial charge is 0.465 e. The van der Waals surface area contributed by atoms with Crippen molar-refractivity contribution in [2.45, 2.75) is 32.1 Å². The minimum Gasteiger partial charge on any atom is -0.465 e. The lowest BCUT2D eigenvalue weighted by molar-refractivity contribution is 0.0600. The predicted molar refractivity (Wildman–Crippen MR) is 106 cm³/mol. The topological polar surface area (TPSA) is 61.9 Å². The number of urea groups is 1. The van der Waals surface area contributed by atoms with Crippen molar-refractivity contribution in [1.29, 1.82) is 0 Å². The van der Waals surface area contributed by atoms with Gasteiger partial charge in [-0.05, 0) is 56.4 Å². The zero-order valence-electron chi connectivity index (χ0n) is 16.1. The van der Waals surface area contributed by atoms with Gasteiger partial charge in [0, 0.05) is 38.4 Å². The van der Waals surface area contributed by atoms with E-state index in [9.17, 15) is 9.59 Å². The van der Waals surface area contributed by atoms with Crippen LogP contribution in [0.2, 0.25) is 0 Å². The van der Waals surface area contributed by atoms with Gasteiger partial charge in [0.1, 0.15) is 0 Å². The first kappa shape index (κ1) is 19.3. The van der Waals surface area contributed by atoms with Crippen LogP contribution in [0, 0.1) is 0 Å². The molecule has 2 aliphatic rings. The summed E-state index contributed by atoms with van der Waals surface area (Å²) in [6.45, 7) is 3.70. The summed E-state index contributed by atoms with van der Waals surface area (Å²) in [5, 5.41) is 3.06. The van der Waals surface area contributed by atoms with E-state index >= 15 is 0 Å². The van der Waals surface area contributed by atoms with Gasteiger partial charge in [-0.2, -0.15) is 0 Å². The Morgan fingerprint density at radius 1 is 1.07 bits per heavy atom. The number of amides is 2. The number of anilines is 1. The number of rotatable bonds is 5. The number of hydrogen-bond acceptors (Lipinski definition) is 4. The molecule has 0 radical (unpaired) electrons. The van der Waals surface area contributed by atoms with Crippen LogP contribution in [0.15, 0.2) is 35.9 Å². The smallest absolute Gasteiger partial charge is 0.337 e. The molecule has 0 spiro atoms. The first-order valence-electron chi connectivity index (χ1n) is 9.81. The van der Waals surface area contributed by atoms with Crippen LogP contribution in [-0.2, 0) is 4.74 Å². The van der Waals surface area contributed by atoms with E-state index in [1.165, 1.54) is 38.4 Å². The summed E-state index contributed by atoms with van der Waals surface area (Å²) in [6.07, 6.45) is 8.25. The van der Waals surface area contributed by atoms with Gasteiger partial charge in [-0.3, -0.25) is 0 Å². The molecule has 1 aromatic rings. The molecule has 1 N–H and O–H groups in total. The van der Waals surface area contributed by atoms with Crippen LogP contribution in [-0.4, -0.2) is 56.7 Å². The van der Waals surface area contributed by atoms with Gasteiger partial charge in [-0.15, -0.1) is 0 Å². The van der Waals surface area contributed by atoms with Gasteiger partial charge < -0.3 is 19.9 Å². The highest BCUT2D eigenvalue weighted by atomic mass is 16.5. The van der Waals surface area contributed by atoms with E-state index < -0.39 is 0 Å². The molecule has 6 nitrogen and oxygen atoms in total. The van der Waals surface area contributed by atoms with Crippen molar-refractivity contribution in [2.75, 3.05) is 44.7 Å². The van der Waals surface area contributed by atoms with Gasteiger partial charge in [0.05, 0.1) is 12.7 Å². The molecule has 0 saturated carbocycles. The third-order valence-corrected chi connectivity index (χ3v) is 5.33. The minimum atomic E-state index is -0.327. The highest BCUT2D eigenvalue weighted by Crippen LogP contribution is 2.20. The van der Waals surface area contributed by atoms with Crippen LogP contribution in [0.1, 0.15) is 42.5 Å². The molecule has 1 saturated heterocycles. The van der Waals surface area contributed by atoms with Crippen LogP contribution in [0.4, 0.5) is 10.5 Å². The number of nitrogens with one attached hydrogen (secondary N) is 1. The van der Waals surface area contributed by atoms with Gasteiger partial charge in [-0.1, -0.05) is 11.6 Å². The summed E-state index contributed by atoms with van der Waals surface area (Å²) >= 11 is 0. The lowest BCUT2D eigenvalue weighted by Gasteiger charge is -2.36. The molecule has 1 heterocycles. The van der Waals surface area contributed by atoms with E-state index in [4.69, 9.17) is 4.74 Å². The van der Waals surface area contributed by atoms with E-state index in [1.807, 2.05) is 17.0 Å². The molecule has 27 heavy (non-hydrogen) atoms. The molecule has 3 rings (SSSR count). The number of carbonyl (C=O) groups excluding carboxylic acids is 2. The summed E-state index contributed by atoms with van der Waals surface area (Å²) in [5.41, 5.74) is 3.10. The lowest BCUT2D eigenvalue weighted by Crippen LogP contribution is -2.52. The van der Waals surface area contributed by atoms with Crippen LogP contribution in [0.3, 0.4) is 0 Å². The van der Waals surface area contributed by atoms with Gasteiger partial charge in [0.2, 0.25) is 0 Å². The highest BCUT2D eigenvalue weighted by Gasteiger charge is 2.21. The fourth-order valence-electron chi connectivity index (χ4n) is 3.67. The minimum absolute atomic E-state index is 0.0344. The van der Waals surface area contributed by atoms with Gasteiger partial charge in [0.25, 0.3) is 0 Å². The number of allylic oxidation sites excluding steroid dienone is 1. The monoisotopic (exact) mass is 371 g/mol. The molecule has 6 heteroatoms. The maximum absolute atomic E-state index is 12.4. The lowest BCUT2D eigenvalue weighted by atomic mass is 9.97. The van der Waals surface area contributed by atoms with Crippen molar-refractivity contribution < 1.29 is 14.3 Å². The average molecular weight is 371 g/mol. The second-order valence-electron chi connectivity index (χ2n) is 7.10. The maximum atomic E-state index is 12.4. The van der Waals surface area contributed by atoms with Crippen LogP contribution in [0.5, 0.6) is 0 Å². The molecular formula is C21H29N3O3. The second-order valence-corrected chi connectivity index (χ2v) is 7.10. The Hall–Kier alpha value is -2.50. The van der Waals surface area contributed by atoms with E-state index in [0.717, 1.165) is 31.7 Å². The van der Waals surface area contributed by atoms with Gasteiger partial charge in [0.15, 0.2) is 0 Å². The summed E-state index contributed by atoms with van der Waals surface area (Å²) in [4.78, 5) is 28.0. The third-order valence-electron chi connectivity index (χ3n) is 5.33. The highest BCUT2D eigenvalue weighted by molar-refractivity contribution is 5.89. The Balaban J connectivity index is 1.42. The number of nitrogens with zero attached hydrogens (tertiary/aromatic N) is 2. The first-order valence-corrected chi connectivity index (χ1v) is 9.81. The predicted octanol–water partition coefficient (Wildman–Crippen LogP) is 3.20. The maximum Gasteiger partial charge on any atom is 0.337 e. The fourth-order valence-corrected chi connectivity index (χ4v) is 3.67. The number of hydrogen-bond donors (Lipinski definition) is 1. The molecule has 2 amide bonds. The molecule has 0 atom stereocenters. The number of esters is 1. The molecule has 0 unspecified atom stereocenters. The van der Waals surface area contributed by atoms with E-state index in [-0.39, 0.29) is 12.0 Å². The van der Waals surface area contributed by atoms with Crippen molar-refractivity contribution in [3.63, 3.8) is 0 Å². The Kier molecular flexibility index (Phi) is 6.74. The van der Waals surface area contributed by atoms with Gasteiger partial charge >= 0.3 is 12.0 Å². The van der Waals surface area contributed by atoms with Gasteiger partial charge in [-0.25, -0.2) is 9.59 Å². The summed E-state index contributed by atoms with van der Waals surface area (Å²) < 4.78 is 4.73. The Labute approximate surface area is 161 Å². The van der Waals surface area contributed by atoms with Crippen LogP contribution >= 0.6 is 0 Å². The SMILES string of the molecule is COC(=O)c1ccc(N2CCN(C(=O)NCCC3=CCCCC3)CC2)cc1. The number of carbonyl (C=O) groups is 2. The molecule has 1 aliphatic carbocycles. The Morgan fingerprint density at radius 3 is 2.44 bits per heavy atom. The summed E-state index contributed by atoms with van der Waals surface area (Å²) in [5.74, 6) is -0.327. The first-order chi connectivity index (χ1) is 13.2. The van der Waals surface area contributed by atoms with Crippen molar-refractivity contribution in [2.24, 2.45) is 0 Å². The summed E-state index contributed by atoms with van der Waals surface area (Å²) in [6, 6.07) is 7.45. The van der Waals surface area contributed by atoms with Crippen molar-refractivity contribution >= 4 is 17.7 Å². The van der Waals surface area contributed by atoms with Crippen molar-refractivity contribution in [3.8, 4) is 0 Å². The Morgan fingerprint density at radius 2 is 1.81 bits per heavy atom. The molecule has 0 bridgehead atoms. The third kappa shape index (κ3) is 5.25. The van der Waals surface area contributed by atoms with Crippen LogP contribution in [0.25, 0.3) is 0 Å². The molecule has 0 aromatic heterocycles. The number of piperazine rings is 1. The second kappa shape index (κ2) is 9.44. The standard InChI is InChI=1S/C21H29N3O3/c1-27-20(25)18-7-9-19(10-8-18)23-13-15-24(16-14-23)21(26)22-12-11-17-5-3-2-4-6-17/h5,7-10H,2-4,6,11-16H2,1H3,(H,22,26). The van der Waals surface area contributed by atoms with E-state index in [2.05, 4.69) is 16.3 Å². The Bertz CT molecular complexity index is 676. The number of benzene rings is 1. The van der Waals surface area contributed by atoms with Crippen LogP contribution < -0.4 is 10.2 Å².